The Hall–Kier alpha value is -1.27. The molecule has 0 aliphatic carbocycles. The summed E-state index contributed by atoms with van der Waals surface area (Å²) in [5.41, 5.74) is 6.31. The van der Waals surface area contributed by atoms with Crippen LogP contribution in [0.1, 0.15) is 6.92 Å². The molecule has 0 bridgehead atoms. The monoisotopic (exact) mass is 255 g/mol. The maximum Gasteiger partial charge on any atom is 0.230 e. The van der Waals surface area contributed by atoms with Crippen LogP contribution in [0.15, 0.2) is 23.4 Å². The molecule has 1 atom stereocenters. The van der Waals surface area contributed by atoms with Crippen molar-refractivity contribution in [3.8, 4) is 0 Å². The number of carbonyl (C=O) groups is 1. The molecule has 0 saturated heterocycles. The Morgan fingerprint density at radius 1 is 1.71 bits per heavy atom. The molecule has 6 heteroatoms. The SMILES string of the molecule is COCC(C)NC(=O)CSc1ncccc1N. The first-order valence-corrected chi connectivity index (χ1v) is 6.23. The van der Waals surface area contributed by atoms with Crippen molar-refractivity contribution < 1.29 is 9.53 Å². The van der Waals surface area contributed by atoms with Crippen LogP contribution >= 0.6 is 11.8 Å². The van der Waals surface area contributed by atoms with E-state index in [0.29, 0.717) is 23.1 Å². The summed E-state index contributed by atoms with van der Waals surface area (Å²) in [5.74, 6) is 0.250. The number of nitrogens with zero attached hydrogens (tertiary/aromatic N) is 1. The molecule has 5 nitrogen and oxygen atoms in total. The smallest absolute Gasteiger partial charge is 0.230 e. The van der Waals surface area contributed by atoms with Crippen molar-refractivity contribution in [1.29, 1.82) is 0 Å². The predicted molar refractivity (Wildman–Crippen MR) is 68.9 cm³/mol. The highest BCUT2D eigenvalue weighted by molar-refractivity contribution is 8.00. The van der Waals surface area contributed by atoms with Crippen LogP contribution in [0.5, 0.6) is 0 Å². The van der Waals surface area contributed by atoms with Gasteiger partial charge in [0.1, 0.15) is 5.03 Å². The van der Waals surface area contributed by atoms with E-state index in [1.54, 1.807) is 25.4 Å². The van der Waals surface area contributed by atoms with Gasteiger partial charge < -0.3 is 15.8 Å². The summed E-state index contributed by atoms with van der Waals surface area (Å²) < 4.78 is 4.93. The zero-order valence-electron chi connectivity index (χ0n) is 9.97. The number of methoxy groups -OCH3 is 1. The molecule has 17 heavy (non-hydrogen) atoms. The van der Waals surface area contributed by atoms with Gasteiger partial charge in [-0.3, -0.25) is 4.79 Å². The van der Waals surface area contributed by atoms with Gasteiger partial charge in [-0.15, -0.1) is 0 Å². The average molecular weight is 255 g/mol. The van der Waals surface area contributed by atoms with Crippen molar-refractivity contribution in [2.45, 2.75) is 18.0 Å². The molecule has 1 aromatic heterocycles. The van der Waals surface area contributed by atoms with Crippen LogP contribution in [-0.2, 0) is 9.53 Å². The third-order valence-corrected chi connectivity index (χ3v) is 2.99. The van der Waals surface area contributed by atoms with E-state index in [9.17, 15) is 4.79 Å². The third kappa shape index (κ3) is 5.06. The maximum absolute atomic E-state index is 11.6. The van der Waals surface area contributed by atoms with Gasteiger partial charge >= 0.3 is 0 Å². The van der Waals surface area contributed by atoms with Gasteiger partial charge in [0.2, 0.25) is 5.91 Å². The van der Waals surface area contributed by atoms with Crippen molar-refractivity contribution in [2.24, 2.45) is 0 Å². The fourth-order valence-corrected chi connectivity index (χ4v) is 1.99. The first kappa shape index (κ1) is 13.8. The normalized spacial score (nSPS) is 12.1. The number of nitrogens with one attached hydrogen (secondary N) is 1. The topological polar surface area (TPSA) is 77.2 Å². The number of aromatic nitrogens is 1. The van der Waals surface area contributed by atoms with Crippen molar-refractivity contribution in [3.05, 3.63) is 18.3 Å². The van der Waals surface area contributed by atoms with Gasteiger partial charge in [-0.05, 0) is 19.1 Å². The van der Waals surface area contributed by atoms with Gasteiger partial charge in [-0.1, -0.05) is 11.8 Å². The van der Waals surface area contributed by atoms with Gasteiger partial charge in [0, 0.05) is 19.3 Å². The molecular formula is C11H17N3O2S. The highest BCUT2D eigenvalue weighted by Gasteiger charge is 2.09. The van der Waals surface area contributed by atoms with Crippen molar-refractivity contribution in [3.63, 3.8) is 0 Å². The fourth-order valence-electron chi connectivity index (χ4n) is 1.27. The zero-order valence-corrected chi connectivity index (χ0v) is 10.8. The van der Waals surface area contributed by atoms with Gasteiger partial charge in [-0.25, -0.2) is 4.98 Å². The Morgan fingerprint density at radius 2 is 2.47 bits per heavy atom. The van der Waals surface area contributed by atoms with Crippen LogP contribution in [0.4, 0.5) is 5.69 Å². The van der Waals surface area contributed by atoms with Crippen LogP contribution in [0.2, 0.25) is 0 Å². The molecule has 0 saturated carbocycles. The molecule has 94 valence electrons. The summed E-state index contributed by atoms with van der Waals surface area (Å²) in [7, 11) is 1.60. The van der Waals surface area contributed by atoms with E-state index in [1.165, 1.54) is 11.8 Å². The Balaban J connectivity index is 2.36. The Kier molecular flexibility index (Phi) is 5.79. The second-order valence-electron chi connectivity index (χ2n) is 3.61. The van der Waals surface area contributed by atoms with Crippen LogP contribution in [0.3, 0.4) is 0 Å². The van der Waals surface area contributed by atoms with E-state index < -0.39 is 0 Å². The lowest BCUT2D eigenvalue weighted by Gasteiger charge is -2.12. The van der Waals surface area contributed by atoms with Gasteiger partial charge in [0.25, 0.3) is 0 Å². The van der Waals surface area contributed by atoms with Crippen LogP contribution < -0.4 is 11.1 Å². The van der Waals surface area contributed by atoms with E-state index in [1.807, 2.05) is 6.92 Å². The molecule has 0 radical (unpaired) electrons. The molecule has 0 aromatic carbocycles. The molecule has 1 rings (SSSR count). The summed E-state index contributed by atoms with van der Waals surface area (Å²) >= 11 is 1.33. The molecule has 1 unspecified atom stereocenters. The first-order valence-electron chi connectivity index (χ1n) is 5.25. The zero-order chi connectivity index (χ0) is 12.7. The number of rotatable bonds is 6. The Morgan fingerprint density at radius 3 is 3.12 bits per heavy atom. The lowest BCUT2D eigenvalue weighted by molar-refractivity contribution is -0.119. The predicted octanol–water partition coefficient (Wildman–Crippen LogP) is 0.907. The van der Waals surface area contributed by atoms with Crippen LogP contribution in [0, 0.1) is 0 Å². The quantitative estimate of drug-likeness (QED) is 0.739. The summed E-state index contributed by atoms with van der Waals surface area (Å²) in [5, 5.41) is 3.50. The van der Waals surface area contributed by atoms with Gasteiger partial charge in [-0.2, -0.15) is 0 Å². The van der Waals surface area contributed by atoms with Crippen molar-refractivity contribution in [2.75, 3.05) is 25.2 Å². The number of pyridine rings is 1. The molecule has 1 amide bonds. The summed E-state index contributed by atoms with van der Waals surface area (Å²) in [6.45, 7) is 2.39. The lowest BCUT2D eigenvalue weighted by atomic mass is 10.3. The van der Waals surface area contributed by atoms with Crippen LogP contribution in [-0.4, -0.2) is 36.4 Å². The van der Waals surface area contributed by atoms with E-state index in [2.05, 4.69) is 10.3 Å². The number of amides is 1. The van der Waals surface area contributed by atoms with E-state index in [-0.39, 0.29) is 11.9 Å². The number of nitrogen functional groups attached to an aromatic ring is 1. The minimum atomic E-state index is -0.0513. The lowest BCUT2D eigenvalue weighted by Crippen LogP contribution is -2.36. The molecule has 1 aromatic rings. The number of nitrogens with two attached hydrogens (primary N) is 1. The van der Waals surface area contributed by atoms with Gasteiger partial charge in [0.15, 0.2) is 0 Å². The minimum absolute atomic E-state index is 0.00850. The van der Waals surface area contributed by atoms with E-state index >= 15 is 0 Å². The highest BCUT2D eigenvalue weighted by Crippen LogP contribution is 2.20. The van der Waals surface area contributed by atoms with Crippen molar-refractivity contribution in [1.82, 2.24) is 10.3 Å². The number of hydrogen-bond donors (Lipinski definition) is 2. The molecule has 0 aliphatic heterocycles. The molecule has 0 aliphatic rings. The molecule has 1 heterocycles. The van der Waals surface area contributed by atoms with E-state index in [4.69, 9.17) is 10.5 Å². The van der Waals surface area contributed by atoms with E-state index in [0.717, 1.165) is 0 Å². The number of hydrogen-bond acceptors (Lipinski definition) is 5. The second-order valence-corrected chi connectivity index (χ2v) is 4.57. The van der Waals surface area contributed by atoms with Crippen molar-refractivity contribution >= 4 is 23.4 Å². The number of carbonyl (C=O) groups excluding carboxylic acids is 1. The number of thioether (sulfide) groups is 1. The summed E-state index contributed by atoms with van der Waals surface area (Å²) in [6.07, 6.45) is 1.66. The molecular weight excluding hydrogens is 238 g/mol. The summed E-state index contributed by atoms with van der Waals surface area (Å²) in [4.78, 5) is 15.7. The summed E-state index contributed by atoms with van der Waals surface area (Å²) in [6, 6.07) is 3.54. The fraction of sp³-hybridized carbons (Fsp3) is 0.455. The second kappa shape index (κ2) is 7.13. The number of anilines is 1. The number of ether oxygens (including phenoxy) is 1. The maximum atomic E-state index is 11.6. The first-order chi connectivity index (χ1) is 8.13. The Bertz CT molecular complexity index is 373. The third-order valence-electron chi connectivity index (χ3n) is 1.96. The van der Waals surface area contributed by atoms with Gasteiger partial charge in [0.05, 0.1) is 18.0 Å². The molecule has 3 N–H and O–H groups in total. The largest absolute Gasteiger partial charge is 0.397 e. The standard InChI is InChI=1S/C11H17N3O2S/c1-8(6-16-2)14-10(15)7-17-11-9(12)4-3-5-13-11/h3-5,8H,6-7,12H2,1-2H3,(H,14,15). The minimum Gasteiger partial charge on any atom is -0.397 e. The van der Waals surface area contributed by atoms with Crippen LogP contribution in [0.25, 0.3) is 0 Å². The molecule has 0 spiro atoms. The average Bonchev–Trinajstić information content (AvgIpc) is 2.28. The Labute approximate surface area is 105 Å². The highest BCUT2D eigenvalue weighted by atomic mass is 32.2. The molecule has 0 fully saturated rings.